The van der Waals surface area contributed by atoms with Crippen LogP contribution in [0, 0.1) is 0 Å². The molecule has 2 atom stereocenters. The third kappa shape index (κ3) is 2.64. The van der Waals surface area contributed by atoms with E-state index in [1.807, 2.05) is 11.8 Å². The molecule has 0 radical (unpaired) electrons. The van der Waals surface area contributed by atoms with Crippen LogP contribution in [-0.2, 0) is 0 Å². The highest BCUT2D eigenvalue weighted by atomic mass is 32.2. The fourth-order valence-corrected chi connectivity index (χ4v) is 2.93. The number of piperidine rings is 1. The van der Waals surface area contributed by atoms with E-state index in [0.717, 1.165) is 18.3 Å². The molecule has 2 heterocycles. The number of likely N-dealkylation sites (tertiary alicyclic amines) is 1. The summed E-state index contributed by atoms with van der Waals surface area (Å²) in [5, 5.41) is 5.38. The van der Waals surface area contributed by atoms with Crippen molar-refractivity contribution in [3.8, 4) is 0 Å². The summed E-state index contributed by atoms with van der Waals surface area (Å²) in [4.78, 5) is 6.88. The summed E-state index contributed by atoms with van der Waals surface area (Å²) in [6.07, 6.45) is 2.60. The van der Waals surface area contributed by atoms with Crippen LogP contribution in [0.2, 0.25) is 0 Å². The van der Waals surface area contributed by atoms with Crippen LogP contribution in [0.4, 0.5) is 0 Å². The van der Waals surface area contributed by atoms with Gasteiger partial charge in [-0.1, -0.05) is 18.7 Å². The van der Waals surface area contributed by atoms with Crippen molar-refractivity contribution in [3.63, 3.8) is 0 Å². The Labute approximate surface area is 90.3 Å². The van der Waals surface area contributed by atoms with Gasteiger partial charge in [-0.05, 0) is 26.4 Å². The molecule has 0 aromatic heterocycles. The van der Waals surface area contributed by atoms with Crippen LogP contribution >= 0.6 is 11.8 Å². The zero-order valence-corrected chi connectivity index (χ0v) is 9.81. The maximum absolute atomic E-state index is 4.49. The largest absolute Gasteiger partial charge is 0.361 e. The molecule has 0 aliphatic carbocycles. The second-order valence-electron chi connectivity index (χ2n) is 4.32. The minimum atomic E-state index is 0.616. The second-order valence-corrected chi connectivity index (χ2v) is 5.75. The lowest BCUT2D eigenvalue weighted by Crippen LogP contribution is -2.45. The summed E-state index contributed by atoms with van der Waals surface area (Å²) in [5.74, 6) is 0. The Morgan fingerprint density at radius 2 is 2.43 bits per heavy atom. The van der Waals surface area contributed by atoms with Gasteiger partial charge in [-0.3, -0.25) is 4.99 Å². The number of likely N-dealkylation sites (N-methyl/N-ethyl adjacent to an activating group) is 1. The number of nitrogens with zero attached hydrogens (tertiary/aromatic N) is 2. The molecule has 1 N–H and O–H groups in total. The smallest absolute Gasteiger partial charge is 0.157 e. The molecule has 1 fully saturated rings. The standard InChI is InChI=1S/C10H19N3S/c1-8-6-11-10(14-8)12-9-4-3-5-13(2)7-9/h8-9H,3-7H2,1-2H3,(H,11,12). The molecule has 0 aromatic rings. The highest BCUT2D eigenvalue weighted by Gasteiger charge is 2.21. The highest BCUT2D eigenvalue weighted by molar-refractivity contribution is 8.14. The molecule has 1 saturated heterocycles. The molecule has 0 spiro atoms. The van der Waals surface area contributed by atoms with Gasteiger partial charge in [0.15, 0.2) is 5.17 Å². The predicted octanol–water partition coefficient (Wildman–Crippen LogP) is 1.16. The van der Waals surface area contributed by atoms with E-state index in [0.29, 0.717) is 11.3 Å². The fraction of sp³-hybridized carbons (Fsp3) is 0.900. The van der Waals surface area contributed by atoms with Crippen molar-refractivity contribution in [2.24, 2.45) is 4.99 Å². The van der Waals surface area contributed by atoms with Crippen LogP contribution in [0.5, 0.6) is 0 Å². The molecule has 3 nitrogen and oxygen atoms in total. The summed E-state index contributed by atoms with van der Waals surface area (Å²) >= 11 is 1.88. The third-order valence-electron chi connectivity index (χ3n) is 2.76. The van der Waals surface area contributed by atoms with Crippen LogP contribution in [0.15, 0.2) is 4.99 Å². The average Bonchev–Trinajstić information content (AvgIpc) is 2.51. The van der Waals surface area contributed by atoms with Gasteiger partial charge in [0.1, 0.15) is 0 Å². The number of hydrogen-bond donors (Lipinski definition) is 1. The number of amidine groups is 1. The molecule has 0 bridgehead atoms. The van der Waals surface area contributed by atoms with Crippen LogP contribution in [0.3, 0.4) is 0 Å². The van der Waals surface area contributed by atoms with Crippen LogP contribution in [0.1, 0.15) is 19.8 Å². The van der Waals surface area contributed by atoms with Crippen molar-refractivity contribution in [2.45, 2.75) is 31.1 Å². The van der Waals surface area contributed by atoms with E-state index in [9.17, 15) is 0 Å². The quantitative estimate of drug-likeness (QED) is 0.708. The number of nitrogens with one attached hydrogen (secondary N) is 1. The molecule has 14 heavy (non-hydrogen) atoms. The van der Waals surface area contributed by atoms with E-state index >= 15 is 0 Å². The lowest BCUT2D eigenvalue weighted by molar-refractivity contribution is 0.241. The van der Waals surface area contributed by atoms with Crippen molar-refractivity contribution >= 4 is 16.9 Å². The molecule has 4 heteroatoms. The molecule has 0 aromatic carbocycles. The minimum absolute atomic E-state index is 0.616. The van der Waals surface area contributed by atoms with Crippen molar-refractivity contribution in [1.82, 2.24) is 10.2 Å². The number of rotatable bonds is 1. The first-order chi connectivity index (χ1) is 6.74. The number of aliphatic imine (C=N–C) groups is 1. The van der Waals surface area contributed by atoms with Crippen LogP contribution in [-0.4, -0.2) is 48.0 Å². The third-order valence-corrected chi connectivity index (χ3v) is 3.78. The topological polar surface area (TPSA) is 27.6 Å². The summed E-state index contributed by atoms with van der Waals surface area (Å²) in [5.41, 5.74) is 0. The van der Waals surface area contributed by atoms with Gasteiger partial charge in [-0.2, -0.15) is 0 Å². The Morgan fingerprint density at radius 1 is 1.57 bits per heavy atom. The Balaban J connectivity index is 1.79. The first-order valence-electron chi connectivity index (χ1n) is 5.40. The van der Waals surface area contributed by atoms with E-state index in [-0.39, 0.29) is 0 Å². The Hall–Kier alpha value is -0.220. The maximum Gasteiger partial charge on any atom is 0.157 e. The first-order valence-corrected chi connectivity index (χ1v) is 6.28. The SMILES string of the molecule is CC1CN=C(NC2CCCN(C)C2)S1. The summed E-state index contributed by atoms with van der Waals surface area (Å²) in [6.45, 7) is 5.62. The van der Waals surface area contributed by atoms with Gasteiger partial charge in [0.05, 0.1) is 6.54 Å². The van der Waals surface area contributed by atoms with Gasteiger partial charge in [-0.25, -0.2) is 0 Å². The zero-order valence-electron chi connectivity index (χ0n) is 8.99. The lowest BCUT2D eigenvalue weighted by atomic mass is 10.1. The number of thioether (sulfide) groups is 1. The fourth-order valence-electron chi connectivity index (χ4n) is 2.02. The minimum Gasteiger partial charge on any atom is -0.361 e. The molecule has 0 amide bonds. The Bertz CT molecular complexity index is 229. The van der Waals surface area contributed by atoms with Gasteiger partial charge in [0.25, 0.3) is 0 Å². The summed E-state index contributed by atoms with van der Waals surface area (Å²) in [6, 6.07) is 0.616. The normalized spacial score (nSPS) is 34.3. The summed E-state index contributed by atoms with van der Waals surface area (Å²) < 4.78 is 0. The lowest BCUT2D eigenvalue weighted by Gasteiger charge is -2.30. The first kappa shape index (κ1) is 10.3. The monoisotopic (exact) mass is 213 g/mol. The van der Waals surface area contributed by atoms with Gasteiger partial charge < -0.3 is 10.2 Å². The van der Waals surface area contributed by atoms with Gasteiger partial charge in [0.2, 0.25) is 0 Å². The molecule has 0 saturated carbocycles. The number of hydrogen-bond acceptors (Lipinski definition) is 4. The second kappa shape index (κ2) is 4.53. The summed E-state index contributed by atoms with van der Waals surface area (Å²) in [7, 11) is 2.19. The van der Waals surface area contributed by atoms with Crippen LogP contribution in [0.25, 0.3) is 0 Å². The van der Waals surface area contributed by atoms with Gasteiger partial charge in [-0.15, -0.1) is 0 Å². The molecule has 2 unspecified atom stereocenters. The highest BCUT2D eigenvalue weighted by Crippen LogP contribution is 2.20. The van der Waals surface area contributed by atoms with E-state index in [2.05, 4.69) is 29.2 Å². The molecule has 2 aliphatic heterocycles. The van der Waals surface area contributed by atoms with Gasteiger partial charge >= 0.3 is 0 Å². The predicted molar refractivity (Wildman–Crippen MR) is 63.0 cm³/mol. The zero-order chi connectivity index (χ0) is 9.97. The van der Waals surface area contributed by atoms with Crippen molar-refractivity contribution in [2.75, 3.05) is 26.7 Å². The van der Waals surface area contributed by atoms with E-state index in [1.165, 1.54) is 19.4 Å². The maximum atomic E-state index is 4.49. The van der Waals surface area contributed by atoms with E-state index in [1.54, 1.807) is 0 Å². The van der Waals surface area contributed by atoms with Crippen molar-refractivity contribution < 1.29 is 0 Å². The van der Waals surface area contributed by atoms with Crippen molar-refractivity contribution in [1.29, 1.82) is 0 Å². The van der Waals surface area contributed by atoms with Crippen LogP contribution < -0.4 is 5.32 Å². The molecular weight excluding hydrogens is 194 g/mol. The Kier molecular flexibility index (Phi) is 3.34. The van der Waals surface area contributed by atoms with Gasteiger partial charge in [0, 0.05) is 17.8 Å². The van der Waals surface area contributed by atoms with E-state index in [4.69, 9.17) is 0 Å². The molecule has 2 aliphatic rings. The average molecular weight is 213 g/mol. The van der Waals surface area contributed by atoms with Crippen molar-refractivity contribution in [3.05, 3.63) is 0 Å². The molecular formula is C10H19N3S. The Morgan fingerprint density at radius 3 is 3.07 bits per heavy atom. The van der Waals surface area contributed by atoms with E-state index < -0.39 is 0 Å². The molecule has 2 rings (SSSR count). The molecule has 80 valence electrons.